The maximum absolute atomic E-state index is 11.4. The first-order valence-electron chi connectivity index (χ1n) is 7.72. The van der Waals surface area contributed by atoms with E-state index in [0.717, 1.165) is 0 Å². The molecule has 0 spiro atoms. The van der Waals surface area contributed by atoms with E-state index in [0.29, 0.717) is 36.6 Å². The largest absolute Gasteiger partial charge is 0.478 e. The third kappa shape index (κ3) is 9.31. The third-order valence-corrected chi connectivity index (χ3v) is 4.33. The Kier molecular flexibility index (Phi) is 9.69. The van der Waals surface area contributed by atoms with Gasteiger partial charge >= 0.3 is 5.97 Å². The van der Waals surface area contributed by atoms with E-state index in [1.165, 1.54) is 12.3 Å². The van der Waals surface area contributed by atoms with Gasteiger partial charge in [-0.2, -0.15) is 0 Å². The van der Waals surface area contributed by atoms with Gasteiger partial charge < -0.3 is 20.0 Å². The summed E-state index contributed by atoms with van der Waals surface area (Å²) < 4.78 is 13.2. The van der Waals surface area contributed by atoms with Crippen molar-refractivity contribution in [1.82, 2.24) is 14.9 Å². The van der Waals surface area contributed by atoms with Gasteiger partial charge in [-0.15, -0.1) is 6.58 Å². The fourth-order valence-corrected chi connectivity index (χ4v) is 2.57. The van der Waals surface area contributed by atoms with Crippen LogP contribution in [-0.2, 0) is 22.1 Å². The fourth-order valence-electron chi connectivity index (χ4n) is 1.81. The molecule has 3 N–H and O–H groups in total. The number of rotatable bonds is 9. The van der Waals surface area contributed by atoms with E-state index < -0.39 is 16.8 Å². The molecular weight excluding hydrogens is 342 g/mol. The Hall–Kier alpha value is -2.61. The van der Waals surface area contributed by atoms with Crippen molar-refractivity contribution in [3.8, 4) is 0 Å². The summed E-state index contributed by atoms with van der Waals surface area (Å²) in [5.74, 6) is 0.0705. The van der Waals surface area contributed by atoms with Gasteiger partial charge in [0.2, 0.25) is 5.91 Å². The number of carbonyl (C=O) groups is 2. The molecule has 1 atom stereocenters. The minimum Gasteiger partial charge on any atom is -0.478 e. The molecular formula is C17H23N3O4S. The molecule has 0 aliphatic heterocycles. The average molecular weight is 365 g/mol. The lowest BCUT2D eigenvalue weighted by atomic mass is 10.4. The Balaban J connectivity index is 0.000000324. The predicted octanol–water partition coefficient (Wildman–Crippen LogP) is 1.64. The molecule has 25 heavy (non-hydrogen) atoms. The van der Waals surface area contributed by atoms with Crippen LogP contribution in [0.1, 0.15) is 16.8 Å². The Morgan fingerprint density at radius 2 is 2.08 bits per heavy atom. The van der Waals surface area contributed by atoms with Gasteiger partial charge in [0.1, 0.15) is 0 Å². The van der Waals surface area contributed by atoms with Crippen molar-refractivity contribution in [2.45, 2.75) is 13.0 Å². The predicted molar refractivity (Wildman–Crippen MR) is 97.9 cm³/mol. The lowest BCUT2D eigenvalue weighted by Crippen LogP contribution is -2.28. The zero-order chi connectivity index (χ0) is 18.5. The molecule has 0 aromatic carbocycles. The highest BCUT2D eigenvalue weighted by Gasteiger charge is 2.02. The lowest BCUT2D eigenvalue weighted by Gasteiger charge is -2.05. The summed E-state index contributed by atoms with van der Waals surface area (Å²) in [7, 11) is -0.908. The molecule has 0 fully saturated rings. The number of aryl methyl sites for hydroxylation is 1. The Bertz CT molecular complexity index is 666. The van der Waals surface area contributed by atoms with E-state index >= 15 is 0 Å². The molecule has 2 aromatic heterocycles. The maximum Gasteiger partial charge on any atom is 0.337 e. The van der Waals surface area contributed by atoms with Crippen LogP contribution < -0.4 is 5.32 Å². The summed E-state index contributed by atoms with van der Waals surface area (Å²) in [6.45, 7) is 4.66. The number of carboxylic acids is 1. The van der Waals surface area contributed by atoms with Crippen LogP contribution in [0, 0.1) is 0 Å². The number of hydrogen-bond donors (Lipinski definition) is 3. The van der Waals surface area contributed by atoms with Crippen LogP contribution in [0.5, 0.6) is 0 Å². The van der Waals surface area contributed by atoms with Crippen molar-refractivity contribution in [3.05, 3.63) is 61.2 Å². The van der Waals surface area contributed by atoms with Crippen molar-refractivity contribution in [2.75, 3.05) is 18.1 Å². The van der Waals surface area contributed by atoms with Crippen molar-refractivity contribution in [3.63, 3.8) is 0 Å². The molecule has 2 rings (SSSR count). The second-order valence-corrected chi connectivity index (χ2v) is 6.65. The highest BCUT2D eigenvalue weighted by molar-refractivity contribution is 7.85. The van der Waals surface area contributed by atoms with Crippen LogP contribution in [0.15, 0.2) is 55.6 Å². The molecule has 0 bridgehead atoms. The monoisotopic (exact) mass is 365 g/mol. The minimum absolute atomic E-state index is 0.00527. The number of aromatic amines is 1. The van der Waals surface area contributed by atoms with Gasteiger partial charge in [-0.3, -0.25) is 9.00 Å². The number of carbonyl (C=O) groups excluding carboxylic acids is 1. The number of aromatic nitrogens is 2. The summed E-state index contributed by atoms with van der Waals surface area (Å²) in [4.78, 5) is 24.1. The van der Waals surface area contributed by atoms with E-state index in [9.17, 15) is 13.8 Å². The van der Waals surface area contributed by atoms with Crippen LogP contribution in [0.25, 0.3) is 0 Å². The molecule has 0 aliphatic carbocycles. The zero-order valence-corrected chi connectivity index (χ0v) is 14.7. The standard InChI is InChI=1S/C12H18N2O2S.C5H5NO2/c1-2-10-17(16)11-6-13-12(15)5-9-14-7-3-4-8-14;7-5(8)4-1-2-6-3-4/h2-4,7-8H,1,5-6,9-11H2,(H,13,15);1-3,6H,(H,7,8). The van der Waals surface area contributed by atoms with E-state index in [-0.39, 0.29) is 5.91 Å². The maximum atomic E-state index is 11.4. The second-order valence-electron chi connectivity index (χ2n) is 5.02. The Morgan fingerprint density at radius 1 is 1.36 bits per heavy atom. The summed E-state index contributed by atoms with van der Waals surface area (Å²) in [5.41, 5.74) is 0.296. The minimum atomic E-state index is -0.908. The highest BCUT2D eigenvalue weighted by atomic mass is 32.2. The van der Waals surface area contributed by atoms with Gasteiger partial charge in [-0.25, -0.2) is 4.79 Å². The van der Waals surface area contributed by atoms with Crippen LogP contribution in [0.3, 0.4) is 0 Å². The van der Waals surface area contributed by atoms with Crippen molar-refractivity contribution in [1.29, 1.82) is 0 Å². The van der Waals surface area contributed by atoms with E-state index in [1.54, 1.807) is 12.3 Å². The molecule has 8 heteroatoms. The number of nitrogens with one attached hydrogen (secondary N) is 2. The van der Waals surface area contributed by atoms with Crippen LogP contribution in [0.4, 0.5) is 0 Å². The zero-order valence-electron chi connectivity index (χ0n) is 13.9. The lowest BCUT2D eigenvalue weighted by molar-refractivity contribution is -0.121. The van der Waals surface area contributed by atoms with E-state index in [4.69, 9.17) is 5.11 Å². The van der Waals surface area contributed by atoms with Crippen LogP contribution in [0.2, 0.25) is 0 Å². The molecule has 0 saturated carbocycles. The molecule has 1 amide bonds. The number of carboxylic acid groups (broad SMARTS) is 1. The summed E-state index contributed by atoms with van der Waals surface area (Å²) >= 11 is 0. The van der Waals surface area contributed by atoms with Crippen molar-refractivity contribution in [2.24, 2.45) is 0 Å². The van der Waals surface area contributed by atoms with Crippen molar-refractivity contribution < 1.29 is 18.9 Å². The SMILES string of the molecule is C=CCS(=O)CCNC(=O)CCn1cccc1.O=C(O)c1cc[nH]c1. The molecule has 0 aliphatic rings. The second kappa shape index (κ2) is 11.9. The first kappa shape index (κ1) is 20.4. The molecule has 136 valence electrons. The summed E-state index contributed by atoms with van der Waals surface area (Å²) in [5, 5.41) is 11.0. The fraction of sp³-hybridized carbons (Fsp3) is 0.294. The van der Waals surface area contributed by atoms with Crippen LogP contribution in [-0.4, -0.2) is 48.8 Å². The smallest absolute Gasteiger partial charge is 0.337 e. The first-order valence-corrected chi connectivity index (χ1v) is 9.21. The van der Waals surface area contributed by atoms with E-state index in [2.05, 4.69) is 16.9 Å². The van der Waals surface area contributed by atoms with Crippen molar-refractivity contribution >= 4 is 22.7 Å². The number of hydrogen-bond acceptors (Lipinski definition) is 3. The van der Waals surface area contributed by atoms with Gasteiger partial charge in [-0.1, -0.05) is 6.08 Å². The third-order valence-electron chi connectivity index (χ3n) is 3.06. The number of nitrogens with zero attached hydrogens (tertiary/aromatic N) is 1. The Morgan fingerprint density at radius 3 is 2.60 bits per heavy atom. The molecule has 7 nitrogen and oxygen atoms in total. The number of amides is 1. The quantitative estimate of drug-likeness (QED) is 0.588. The van der Waals surface area contributed by atoms with Gasteiger partial charge in [0, 0.05) is 66.6 Å². The summed E-state index contributed by atoms with van der Waals surface area (Å²) in [6.07, 6.45) is 8.93. The van der Waals surface area contributed by atoms with E-state index in [1.807, 2.05) is 29.1 Å². The summed E-state index contributed by atoms with van der Waals surface area (Å²) in [6, 6.07) is 5.36. The molecule has 2 aromatic rings. The van der Waals surface area contributed by atoms with Gasteiger partial charge in [0.25, 0.3) is 0 Å². The number of H-pyrrole nitrogens is 1. The van der Waals surface area contributed by atoms with Gasteiger partial charge in [0.05, 0.1) is 5.56 Å². The number of aromatic carboxylic acids is 1. The highest BCUT2D eigenvalue weighted by Crippen LogP contribution is 1.94. The first-order chi connectivity index (χ1) is 12.0. The normalized spacial score (nSPS) is 11.0. The molecule has 2 heterocycles. The van der Waals surface area contributed by atoms with Gasteiger partial charge in [-0.05, 0) is 18.2 Å². The molecule has 1 unspecified atom stereocenters. The Labute approximate surface area is 149 Å². The molecule has 0 radical (unpaired) electrons. The topological polar surface area (TPSA) is 104 Å². The van der Waals surface area contributed by atoms with Crippen LogP contribution >= 0.6 is 0 Å². The molecule has 0 saturated heterocycles. The average Bonchev–Trinajstić information content (AvgIpc) is 3.27. The van der Waals surface area contributed by atoms with Gasteiger partial charge in [0.15, 0.2) is 0 Å².